The lowest BCUT2D eigenvalue weighted by Gasteiger charge is -2.23. The Kier molecular flexibility index (Phi) is 7.68. The van der Waals surface area contributed by atoms with Crippen molar-refractivity contribution in [1.82, 2.24) is 19.8 Å². The molecule has 148 valence electrons. The van der Waals surface area contributed by atoms with Crippen LogP contribution in [0, 0.1) is 0 Å². The number of aliphatic hydroxyl groups excluding tert-OH is 1. The van der Waals surface area contributed by atoms with Gasteiger partial charge < -0.3 is 19.7 Å². The third-order valence-corrected chi connectivity index (χ3v) is 4.94. The van der Waals surface area contributed by atoms with Crippen molar-refractivity contribution in [2.75, 3.05) is 33.3 Å². The van der Waals surface area contributed by atoms with E-state index >= 15 is 0 Å². The molecule has 6 nitrogen and oxygen atoms in total. The van der Waals surface area contributed by atoms with E-state index in [1.807, 2.05) is 18.3 Å². The van der Waals surface area contributed by atoms with Gasteiger partial charge in [-0.25, -0.2) is 4.98 Å². The quantitative estimate of drug-likeness (QED) is 0.708. The van der Waals surface area contributed by atoms with Gasteiger partial charge in [0, 0.05) is 25.5 Å². The molecule has 0 aliphatic carbocycles. The van der Waals surface area contributed by atoms with E-state index in [-0.39, 0.29) is 0 Å². The molecule has 0 bridgehead atoms. The highest BCUT2D eigenvalue weighted by Crippen LogP contribution is 2.16. The average molecular weight is 373 g/mol. The summed E-state index contributed by atoms with van der Waals surface area (Å²) in [6.07, 6.45) is 8.26. The molecule has 0 unspecified atom stereocenters. The van der Waals surface area contributed by atoms with Gasteiger partial charge in [0.15, 0.2) is 0 Å². The Balaban J connectivity index is 1.44. The Hall–Kier alpha value is -1.89. The van der Waals surface area contributed by atoms with Crippen molar-refractivity contribution in [2.45, 2.75) is 44.9 Å². The lowest BCUT2D eigenvalue weighted by molar-refractivity contribution is 0.0693. The van der Waals surface area contributed by atoms with Gasteiger partial charge in [0.25, 0.3) is 0 Å². The standard InChI is InChI=1S/C21H32N4O2/c1-24(16-21-22-9-10-23-21)14-18-7-6-8-20(13-18)27-17-19(26)15-25-11-4-2-3-5-12-25/h6-10,13,19,26H,2-5,11-12,14-17H2,1H3,(H,22,23)/t19-/m0/s1. The number of rotatable bonds is 9. The molecular formula is C21H32N4O2. The third-order valence-electron chi connectivity index (χ3n) is 4.94. The summed E-state index contributed by atoms with van der Waals surface area (Å²) in [6.45, 7) is 4.80. The first kappa shape index (κ1) is 19.9. The number of benzene rings is 1. The summed E-state index contributed by atoms with van der Waals surface area (Å²) in [6, 6.07) is 8.11. The van der Waals surface area contributed by atoms with Crippen LogP contribution in [0.25, 0.3) is 0 Å². The lowest BCUT2D eigenvalue weighted by atomic mass is 10.2. The van der Waals surface area contributed by atoms with E-state index in [2.05, 4.69) is 38.9 Å². The summed E-state index contributed by atoms with van der Waals surface area (Å²) in [4.78, 5) is 12.0. The molecule has 1 atom stereocenters. The number of H-pyrrole nitrogens is 1. The molecule has 1 fully saturated rings. The molecule has 1 aliphatic rings. The zero-order chi connectivity index (χ0) is 18.9. The van der Waals surface area contributed by atoms with Crippen molar-refractivity contribution >= 4 is 0 Å². The number of nitrogens with one attached hydrogen (secondary N) is 1. The highest BCUT2D eigenvalue weighted by atomic mass is 16.5. The molecule has 2 heterocycles. The number of aliphatic hydroxyl groups is 1. The van der Waals surface area contributed by atoms with E-state index < -0.39 is 6.10 Å². The summed E-state index contributed by atoms with van der Waals surface area (Å²) >= 11 is 0. The fourth-order valence-electron chi connectivity index (χ4n) is 3.60. The highest BCUT2D eigenvalue weighted by Gasteiger charge is 2.14. The number of imidazole rings is 1. The van der Waals surface area contributed by atoms with E-state index in [1.54, 1.807) is 6.20 Å². The van der Waals surface area contributed by atoms with Crippen LogP contribution in [-0.2, 0) is 13.1 Å². The Morgan fingerprint density at radius 3 is 2.78 bits per heavy atom. The van der Waals surface area contributed by atoms with Crippen LogP contribution in [0.2, 0.25) is 0 Å². The number of nitrogens with zero attached hydrogens (tertiary/aromatic N) is 3. The topological polar surface area (TPSA) is 64.6 Å². The number of likely N-dealkylation sites (tertiary alicyclic amines) is 1. The SMILES string of the molecule is CN(Cc1cccc(OC[C@@H](O)CN2CCCCCC2)c1)Cc1ncc[nH]1. The van der Waals surface area contributed by atoms with Crippen LogP contribution in [0.3, 0.4) is 0 Å². The number of hydrogen-bond donors (Lipinski definition) is 2. The molecular weight excluding hydrogens is 340 g/mol. The molecule has 3 rings (SSSR count). The zero-order valence-corrected chi connectivity index (χ0v) is 16.3. The molecule has 0 saturated carbocycles. The molecule has 1 aromatic carbocycles. The van der Waals surface area contributed by atoms with Gasteiger partial charge in [-0.05, 0) is 50.7 Å². The minimum atomic E-state index is -0.451. The number of hydrogen-bond acceptors (Lipinski definition) is 5. The normalized spacial score (nSPS) is 17.0. The third kappa shape index (κ3) is 6.97. The molecule has 1 saturated heterocycles. The fourth-order valence-corrected chi connectivity index (χ4v) is 3.60. The molecule has 6 heteroatoms. The van der Waals surface area contributed by atoms with Crippen LogP contribution in [0.4, 0.5) is 0 Å². The second-order valence-electron chi connectivity index (χ2n) is 7.54. The molecule has 1 aliphatic heterocycles. The van der Waals surface area contributed by atoms with E-state index in [9.17, 15) is 5.11 Å². The second-order valence-corrected chi connectivity index (χ2v) is 7.54. The van der Waals surface area contributed by atoms with Crippen molar-refractivity contribution in [3.63, 3.8) is 0 Å². The number of aromatic nitrogens is 2. The maximum Gasteiger partial charge on any atom is 0.120 e. The summed E-state index contributed by atoms with van der Waals surface area (Å²) in [7, 11) is 2.07. The summed E-state index contributed by atoms with van der Waals surface area (Å²) in [5.41, 5.74) is 1.18. The van der Waals surface area contributed by atoms with Gasteiger partial charge in [0.1, 0.15) is 24.3 Å². The molecule has 0 radical (unpaired) electrons. The van der Waals surface area contributed by atoms with Gasteiger partial charge >= 0.3 is 0 Å². The lowest BCUT2D eigenvalue weighted by Crippen LogP contribution is -2.36. The van der Waals surface area contributed by atoms with Crippen LogP contribution < -0.4 is 4.74 Å². The van der Waals surface area contributed by atoms with E-state index in [0.717, 1.165) is 37.8 Å². The highest BCUT2D eigenvalue weighted by molar-refractivity contribution is 5.28. The Bertz CT molecular complexity index is 654. The molecule has 1 aromatic heterocycles. The summed E-state index contributed by atoms with van der Waals surface area (Å²) in [5.74, 6) is 1.77. The van der Waals surface area contributed by atoms with E-state index in [4.69, 9.17) is 4.74 Å². The average Bonchev–Trinajstić information content (AvgIpc) is 3.02. The molecule has 0 spiro atoms. The predicted octanol–water partition coefficient (Wildman–Crippen LogP) is 2.66. The van der Waals surface area contributed by atoms with Crippen LogP contribution in [0.15, 0.2) is 36.7 Å². The van der Waals surface area contributed by atoms with Crippen molar-refractivity contribution in [3.8, 4) is 5.75 Å². The van der Waals surface area contributed by atoms with Crippen LogP contribution in [0.5, 0.6) is 5.75 Å². The van der Waals surface area contributed by atoms with Crippen LogP contribution >= 0.6 is 0 Å². The van der Waals surface area contributed by atoms with Crippen LogP contribution in [-0.4, -0.2) is 64.3 Å². The molecule has 27 heavy (non-hydrogen) atoms. The van der Waals surface area contributed by atoms with Gasteiger partial charge in [-0.2, -0.15) is 0 Å². The maximum absolute atomic E-state index is 10.3. The fraction of sp³-hybridized carbons (Fsp3) is 0.571. The Morgan fingerprint density at radius 1 is 1.22 bits per heavy atom. The van der Waals surface area contributed by atoms with Crippen LogP contribution in [0.1, 0.15) is 37.1 Å². The Labute approximate surface area is 162 Å². The maximum atomic E-state index is 10.3. The number of aromatic amines is 1. The molecule has 0 amide bonds. The van der Waals surface area contributed by atoms with Crippen molar-refractivity contribution in [1.29, 1.82) is 0 Å². The van der Waals surface area contributed by atoms with Crippen molar-refractivity contribution < 1.29 is 9.84 Å². The summed E-state index contributed by atoms with van der Waals surface area (Å²) < 4.78 is 5.85. The largest absolute Gasteiger partial charge is 0.491 e. The minimum absolute atomic E-state index is 0.336. The Morgan fingerprint density at radius 2 is 2.04 bits per heavy atom. The minimum Gasteiger partial charge on any atom is -0.491 e. The smallest absolute Gasteiger partial charge is 0.120 e. The first-order valence-corrected chi connectivity index (χ1v) is 9.98. The number of β-amino-alcohol motifs (C(OH)–C–C–N with tert-alkyl or cyclic N) is 1. The summed E-state index contributed by atoms with van der Waals surface area (Å²) in [5, 5.41) is 10.3. The second kappa shape index (κ2) is 10.4. The molecule has 2 aromatic rings. The first-order valence-electron chi connectivity index (χ1n) is 9.98. The van der Waals surface area contributed by atoms with Gasteiger partial charge in [-0.15, -0.1) is 0 Å². The number of ether oxygens (including phenoxy) is 1. The first-order chi connectivity index (χ1) is 13.2. The van der Waals surface area contributed by atoms with E-state index in [1.165, 1.54) is 31.2 Å². The van der Waals surface area contributed by atoms with Crippen molar-refractivity contribution in [3.05, 3.63) is 48.0 Å². The van der Waals surface area contributed by atoms with Gasteiger partial charge in [0.2, 0.25) is 0 Å². The van der Waals surface area contributed by atoms with Gasteiger partial charge in [-0.1, -0.05) is 25.0 Å². The van der Waals surface area contributed by atoms with Gasteiger partial charge in [0.05, 0.1) is 6.54 Å². The predicted molar refractivity (Wildman–Crippen MR) is 107 cm³/mol. The van der Waals surface area contributed by atoms with Gasteiger partial charge in [-0.3, -0.25) is 4.90 Å². The monoisotopic (exact) mass is 372 g/mol. The van der Waals surface area contributed by atoms with E-state index in [0.29, 0.717) is 13.2 Å². The van der Waals surface area contributed by atoms with Crippen molar-refractivity contribution in [2.24, 2.45) is 0 Å². The zero-order valence-electron chi connectivity index (χ0n) is 16.3. The molecule has 2 N–H and O–H groups in total.